The Morgan fingerprint density at radius 2 is 1.53 bits per heavy atom. The molecule has 2 rings (SSSR count). The summed E-state index contributed by atoms with van der Waals surface area (Å²) in [6.45, 7) is 0. The summed E-state index contributed by atoms with van der Waals surface area (Å²) in [4.78, 5) is 0. The van der Waals surface area contributed by atoms with Crippen LogP contribution in [0.5, 0.6) is 0 Å². The van der Waals surface area contributed by atoms with Gasteiger partial charge in [0.15, 0.2) is 0 Å². The zero-order valence-corrected chi connectivity index (χ0v) is 9.76. The van der Waals surface area contributed by atoms with Gasteiger partial charge in [-0.3, -0.25) is 0 Å². The van der Waals surface area contributed by atoms with Crippen molar-refractivity contribution in [2.45, 2.75) is 0 Å². The van der Waals surface area contributed by atoms with Crippen molar-refractivity contribution >= 4 is 11.3 Å². The first kappa shape index (κ1) is 11.3. The minimum absolute atomic E-state index is 0.763. The van der Waals surface area contributed by atoms with Crippen molar-refractivity contribution in [3.05, 3.63) is 72.0 Å². The van der Waals surface area contributed by atoms with Crippen LogP contribution in [0, 0.1) is 0 Å². The highest BCUT2D eigenvalue weighted by molar-refractivity contribution is 5.79. The molecule has 0 amide bonds. The molecule has 0 radical (unpaired) electrons. The zero-order chi connectivity index (χ0) is 12.1. The van der Waals surface area contributed by atoms with E-state index in [1.165, 1.54) is 0 Å². The molecule has 0 aromatic heterocycles. The number of hydrogen-bond donors (Lipinski definition) is 1. The molecule has 86 valence electrons. The first-order chi connectivity index (χ1) is 8.31. The second-order valence-corrected chi connectivity index (χ2v) is 3.76. The molecule has 0 aliphatic heterocycles. The van der Waals surface area contributed by atoms with Crippen molar-refractivity contribution in [3.8, 4) is 0 Å². The van der Waals surface area contributed by atoms with Crippen LogP contribution in [0.2, 0.25) is 0 Å². The van der Waals surface area contributed by atoms with Crippen LogP contribution in [0.1, 0.15) is 11.1 Å². The summed E-state index contributed by atoms with van der Waals surface area (Å²) in [7, 11) is 1.65. The van der Waals surface area contributed by atoms with Gasteiger partial charge in [0.2, 0.25) is 0 Å². The molecule has 0 saturated carbocycles. The number of ether oxygens (including phenoxy) is 1. The van der Waals surface area contributed by atoms with E-state index >= 15 is 0 Å². The lowest BCUT2D eigenvalue weighted by Crippen LogP contribution is -1.90. The van der Waals surface area contributed by atoms with Crippen molar-refractivity contribution in [3.63, 3.8) is 0 Å². The smallest absolute Gasteiger partial charge is 0.0909 e. The fourth-order valence-corrected chi connectivity index (χ4v) is 1.70. The van der Waals surface area contributed by atoms with E-state index in [4.69, 9.17) is 10.5 Å². The van der Waals surface area contributed by atoms with Crippen molar-refractivity contribution in [1.82, 2.24) is 0 Å². The largest absolute Gasteiger partial charge is 0.504 e. The Balaban J connectivity index is 2.44. The van der Waals surface area contributed by atoms with E-state index < -0.39 is 0 Å². The summed E-state index contributed by atoms with van der Waals surface area (Å²) in [5.41, 5.74) is 9.71. The number of methoxy groups -OCH3 is 1. The molecule has 0 unspecified atom stereocenters. The third-order valence-corrected chi connectivity index (χ3v) is 2.54. The van der Waals surface area contributed by atoms with E-state index in [9.17, 15) is 0 Å². The monoisotopic (exact) mass is 225 g/mol. The second kappa shape index (κ2) is 5.21. The molecule has 2 aromatic carbocycles. The average molecular weight is 225 g/mol. The highest BCUT2D eigenvalue weighted by atomic mass is 16.5. The third-order valence-electron chi connectivity index (χ3n) is 2.54. The van der Waals surface area contributed by atoms with Gasteiger partial charge in [0.25, 0.3) is 0 Å². The zero-order valence-electron chi connectivity index (χ0n) is 9.76. The Morgan fingerprint density at radius 3 is 2.12 bits per heavy atom. The van der Waals surface area contributed by atoms with E-state index in [2.05, 4.69) is 12.1 Å². The molecule has 0 aliphatic rings. The van der Waals surface area contributed by atoms with Gasteiger partial charge in [0.05, 0.1) is 13.4 Å². The molecule has 0 atom stereocenters. The highest BCUT2D eigenvalue weighted by Crippen LogP contribution is 2.23. The van der Waals surface area contributed by atoms with E-state index in [0.717, 1.165) is 22.4 Å². The minimum Gasteiger partial charge on any atom is -0.504 e. The molecule has 0 saturated heterocycles. The predicted molar refractivity (Wildman–Crippen MR) is 71.4 cm³/mol. The number of rotatable bonds is 3. The fourth-order valence-electron chi connectivity index (χ4n) is 1.70. The van der Waals surface area contributed by atoms with E-state index in [-0.39, 0.29) is 0 Å². The Labute approximate surface area is 101 Å². The standard InChI is InChI=1S/C15H15NO/c1-17-11-15(12-5-3-2-4-6-12)13-7-9-14(16)10-8-13/h2-11H,16H2,1H3. The molecule has 2 heteroatoms. The van der Waals surface area contributed by atoms with Gasteiger partial charge in [-0.2, -0.15) is 0 Å². The van der Waals surface area contributed by atoms with E-state index in [1.807, 2.05) is 42.5 Å². The predicted octanol–water partition coefficient (Wildman–Crippen LogP) is 3.30. The molecular formula is C15H15NO. The maximum Gasteiger partial charge on any atom is 0.0909 e. The lowest BCUT2D eigenvalue weighted by molar-refractivity contribution is 0.340. The van der Waals surface area contributed by atoms with Gasteiger partial charge >= 0.3 is 0 Å². The van der Waals surface area contributed by atoms with Crippen molar-refractivity contribution < 1.29 is 4.74 Å². The summed E-state index contributed by atoms with van der Waals surface area (Å²) in [6.07, 6.45) is 1.75. The molecule has 2 aromatic rings. The van der Waals surface area contributed by atoms with Crippen LogP contribution in [0.25, 0.3) is 5.57 Å². The summed E-state index contributed by atoms with van der Waals surface area (Å²) < 4.78 is 5.15. The van der Waals surface area contributed by atoms with Crippen LogP contribution in [-0.4, -0.2) is 7.11 Å². The average Bonchev–Trinajstić information content (AvgIpc) is 2.38. The Kier molecular flexibility index (Phi) is 3.46. The first-order valence-corrected chi connectivity index (χ1v) is 5.45. The highest BCUT2D eigenvalue weighted by Gasteiger charge is 2.04. The van der Waals surface area contributed by atoms with Gasteiger partial charge in [-0.25, -0.2) is 0 Å². The molecule has 0 aliphatic carbocycles. The number of hydrogen-bond acceptors (Lipinski definition) is 2. The third kappa shape index (κ3) is 2.67. The van der Waals surface area contributed by atoms with Gasteiger partial charge < -0.3 is 10.5 Å². The van der Waals surface area contributed by atoms with Crippen LogP contribution in [0.3, 0.4) is 0 Å². The SMILES string of the molecule is COC=C(c1ccccc1)c1ccc(N)cc1. The van der Waals surface area contributed by atoms with Crippen LogP contribution in [-0.2, 0) is 4.74 Å². The Hall–Kier alpha value is -2.22. The topological polar surface area (TPSA) is 35.2 Å². The molecule has 0 spiro atoms. The molecule has 2 N–H and O–H groups in total. The van der Waals surface area contributed by atoms with Crippen LogP contribution >= 0.6 is 0 Å². The summed E-state index contributed by atoms with van der Waals surface area (Å²) in [5, 5.41) is 0. The van der Waals surface area contributed by atoms with Gasteiger partial charge in [-0.05, 0) is 23.3 Å². The van der Waals surface area contributed by atoms with Crippen molar-refractivity contribution in [2.24, 2.45) is 0 Å². The van der Waals surface area contributed by atoms with Gasteiger partial charge in [0, 0.05) is 11.3 Å². The fraction of sp³-hybridized carbons (Fsp3) is 0.0667. The molecule has 0 heterocycles. The summed E-state index contributed by atoms with van der Waals surface area (Å²) >= 11 is 0. The number of benzene rings is 2. The molecule has 0 fully saturated rings. The summed E-state index contributed by atoms with van der Waals surface area (Å²) in [5.74, 6) is 0. The van der Waals surface area contributed by atoms with Crippen LogP contribution < -0.4 is 5.73 Å². The van der Waals surface area contributed by atoms with Gasteiger partial charge in [-0.1, -0.05) is 42.5 Å². The molecule has 0 bridgehead atoms. The van der Waals surface area contributed by atoms with E-state index in [0.29, 0.717) is 0 Å². The maximum absolute atomic E-state index is 5.69. The van der Waals surface area contributed by atoms with Gasteiger partial charge in [0.1, 0.15) is 0 Å². The van der Waals surface area contributed by atoms with E-state index in [1.54, 1.807) is 13.4 Å². The molecule has 17 heavy (non-hydrogen) atoms. The van der Waals surface area contributed by atoms with Crippen molar-refractivity contribution in [1.29, 1.82) is 0 Å². The van der Waals surface area contributed by atoms with Crippen LogP contribution in [0.15, 0.2) is 60.9 Å². The maximum atomic E-state index is 5.69. The number of anilines is 1. The molecular weight excluding hydrogens is 210 g/mol. The normalized spacial score (nSPS) is 11.2. The minimum atomic E-state index is 0.763. The quantitative estimate of drug-likeness (QED) is 0.642. The lowest BCUT2D eigenvalue weighted by atomic mass is 9.99. The Bertz CT molecular complexity index is 500. The van der Waals surface area contributed by atoms with Crippen LogP contribution in [0.4, 0.5) is 5.69 Å². The Morgan fingerprint density at radius 1 is 0.941 bits per heavy atom. The molecule has 2 nitrogen and oxygen atoms in total. The summed E-state index contributed by atoms with van der Waals surface area (Å²) in [6, 6.07) is 17.9. The number of nitrogen functional groups attached to an aromatic ring is 1. The second-order valence-electron chi connectivity index (χ2n) is 3.76. The lowest BCUT2D eigenvalue weighted by Gasteiger charge is -2.08. The van der Waals surface area contributed by atoms with Crippen molar-refractivity contribution in [2.75, 3.05) is 12.8 Å². The van der Waals surface area contributed by atoms with Gasteiger partial charge in [-0.15, -0.1) is 0 Å². The first-order valence-electron chi connectivity index (χ1n) is 5.45. The number of nitrogens with two attached hydrogens (primary N) is 1.